The first-order chi connectivity index (χ1) is 8.08. The summed E-state index contributed by atoms with van der Waals surface area (Å²) in [6.45, 7) is 4.06. The lowest BCUT2D eigenvalue weighted by molar-refractivity contribution is -0.174. The first-order valence-corrected chi connectivity index (χ1v) is 5.97. The van der Waals surface area contributed by atoms with Gasteiger partial charge in [0.1, 0.15) is 0 Å². The van der Waals surface area contributed by atoms with Crippen molar-refractivity contribution in [1.29, 1.82) is 0 Å². The van der Waals surface area contributed by atoms with Crippen LogP contribution in [0.5, 0.6) is 0 Å². The van der Waals surface area contributed by atoms with E-state index in [9.17, 15) is 9.59 Å². The van der Waals surface area contributed by atoms with Gasteiger partial charge in [-0.3, -0.25) is 4.79 Å². The van der Waals surface area contributed by atoms with Gasteiger partial charge in [-0.1, -0.05) is 6.92 Å². The molecule has 5 nitrogen and oxygen atoms in total. The molecule has 0 saturated carbocycles. The molecule has 17 heavy (non-hydrogen) atoms. The van der Waals surface area contributed by atoms with Crippen molar-refractivity contribution in [1.82, 2.24) is 0 Å². The van der Waals surface area contributed by atoms with Crippen molar-refractivity contribution in [2.24, 2.45) is 5.92 Å². The molecule has 0 bridgehead atoms. The molecule has 0 unspecified atom stereocenters. The molecule has 0 N–H and O–H groups in total. The average Bonchev–Trinajstić information content (AvgIpc) is 2.31. The van der Waals surface area contributed by atoms with Gasteiger partial charge in [0.15, 0.2) is 6.10 Å². The van der Waals surface area contributed by atoms with E-state index in [1.165, 1.54) is 7.11 Å². The molecule has 1 fully saturated rings. The van der Waals surface area contributed by atoms with Crippen LogP contribution in [0.4, 0.5) is 0 Å². The quantitative estimate of drug-likeness (QED) is 0.697. The van der Waals surface area contributed by atoms with Crippen LogP contribution in [0.1, 0.15) is 33.1 Å². The number of esters is 2. The van der Waals surface area contributed by atoms with Crippen molar-refractivity contribution in [2.45, 2.75) is 45.3 Å². The zero-order valence-electron chi connectivity index (χ0n) is 10.6. The number of rotatable bonds is 4. The minimum Gasteiger partial charge on any atom is -0.469 e. The second-order valence-electron chi connectivity index (χ2n) is 4.27. The fraction of sp³-hybridized carbons (Fsp3) is 0.833. The smallest absolute Gasteiger partial charge is 0.335 e. The maximum atomic E-state index is 11.6. The molecule has 0 aromatic rings. The molecule has 1 saturated heterocycles. The van der Waals surface area contributed by atoms with E-state index in [-0.39, 0.29) is 30.4 Å². The third-order valence-electron chi connectivity index (χ3n) is 2.94. The summed E-state index contributed by atoms with van der Waals surface area (Å²) in [4.78, 5) is 22.8. The van der Waals surface area contributed by atoms with Gasteiger partial charge in [-0.15, -0.1) is 0 Å². The van der Waals surface area contributed by atoms with E-state index in [1.807, 2.05) is 6.92 Å². The standard InChI is InChI=1S/C12H20O5/c1-4-16-12(14)11-8(2)5-6-9(17-11)7-10(13)15-3/h8-9,11H,4-7H2,1-3H3/t8-,9+,11-/m0/s1. The van der Waals surface area contributed by atoms with Gasteiger partial charge in [-0.25, -0.2) is 4.79 Å². The lowest BCUT2D eigenvalue weighted by atomic mass is 9.92. The van der Waals surface area contributed by atoms with Crippen LogP contribution >= 0.6 is 0 Å². The number of methoxy groups -OCH3 is 1. The molecule has 1 rings (SSSR count). The van der Waals surface area contributed by atoms with Gasteiger partial charge in [0.2, 0.25) is 0 Å². The third kappa shape index (κ3) is 4.00. The predicted molar refractivity (Wildman–Crippen MR) is 60.3 cm³/mol. The van der Waals surface area contributed by atoms with E-state index in [0.717, 1.165) is 12.8 Å². The number of hydrogen-bond donors (Lipinski definition) is 0. The summed E-state index contributed by atoms with van der Waals surface area (Å²) in [7, 11) is 1.34. The Balaban J connectivity index is 2.53. The Morgan fingerprint density at radius 2 is 2.06 bits per heavy atom. The van der Waals surface area contributed by atoms with E-state index in [2.05, 4.69) is 4.74 Å². The van der Waals surface area contributed by atoms with Crippen LogP contribution in [-0.2, 0) is 23.8 Å². The van der Waals surface area contributed by atoms with Crippen molar-refractivity contribution >= 4 is 11.9 Å². The summed E-state index contributed by atoms with van der Waals surface area (Å²) >= 11 is 0. The monoisotopic (exact) mass is 244 g/mol. The van der Waals surface area contributed by atoms with Crippen LogP contribution in [-0.4, -0.2) is 37.9 Å². The van der Waals surface area contributed by atoms with Crippen molar-refractivity contribution in [3.63, 3.8) is 0 Å². The molecular formula is C12H20O5. The Morgan fingerprint density at radius 1 is 1.35 bits per heavy atom. The van der Waals surface area contributed by atoms with Crippen LogP contribution < -0.4 is 0 Å². The van der Waals surface area contributed by atoms with Crippen LogP contribution in [0.15, 0.2) is 0 Å². The van der Waals surface area contributed by atoms with Gasteiger partial charge in [0, 0.05) is 0 Å². The van der Waals surface area contributed by atoms with Gasteiger partial charge in [-0.05, 0) is 25.7 Å². The van der Waals surface area contributed by atoms with Crippen molar-refractivity contribution in [3.8, 4) is 0 Å². The Kier molecular flexibility index (Phi) is 5.41. The third-order valence-corrected chi connectivity index (χ3v) is 2.94. The van der Waals surface area contributed by atoms with E-state index in [4.69, 9.17) is 9.47 Å². The summed E-state index contributed by atoms with van der Waals surface area (Å²) in [6.07, 6.45) is 1.02. The second-order valence-corrected chi connectivity index (χ2v) is 4.27. The molecule has 0 spiro atoms. The van der Waals surface area contributed by atoms with Gasteiger partial charge in [-0.2, -0.15) is 0 Å². The highest BCUT2D eigenvalue weighted by Gasteiger charge is 2.35. The van der Waals surface area contributed by atoms with E-state index in [1.54, 1.807) is 6.92 Å². The molecule has 1 aliphatic heterocycles. The summed E-state index contributed by atoms with van der Waals surface area (Å²) in [5.41, 5.74) is 0. The molecule has 1 heterocycles. The number of carbonyl (C=O) groups excluding carboxylic acids is 2. The topological polar surface area (TPSA) is 61.8 Å². The highest BCUT2D eigenvalue weighted by Crippen LogP contribution is 2.27. The van der Waals surface area contributed by atoms with E-state index >= 15 is 0 Å². The van der Waals surface area contributed by atoms with Crippen LogP contribution in [0.25, 0.3) is 0 Å². The van der Waals surface area contributed by atoms with Crippen LogP contribution in [0, 0.1) is 5.92 Å². The Labute approximate surface area is 101 Å². The molecule has 0 aromatic carbocycles. The normalized spacial score (nSPS) is 28.5. The van der Waals surface area contributed by atoms with Crippen LogP contribution in [0.2, 0.25) is 0 Å². The SMILES string of the molecule is CCOC(=O)[C@H]1O[C@@H](CC(=O)OC)CC[C@@H]1C. The van der Waals surface area contributed by atoms with Crippen molar-refractivity contribution in [3.05, 3.63) is 0 Å². The highest BCUT2D eigenvalue weighted by molar-refractivity contribution is 5.75. The largest absolute Gasteiger partial charge is 0.469 e. The minimum absolute atomic E-state index is 0.128. The lowest BCUT2D eigenvalue weighted by Crippen LogP contribution is -2.41. The first kappa shape index (κ1) is 14.0. The Bertz CT molecular complexity index is 276. The van der Waals surface area contributed by atoms with Gasteiger partial charge >= 0.3 is 11.9 Å². The zero-order valence-corrected chi connectivity index (χ0v) is 10.6. The number of ether oxygens (including phenoxy) is 3. The fourth-order valence-corrected chi connectivity index (χ4v) is 1.94. The Morgan fingerprint density at radius 3 is 2.65 bits per heavy atom. The van der Waals surface area contributed by atoms with E-state index in [0.29, 0.717) is 6.61 Å². The fourth-order valence-electron chi connectivity index (χ4n) is 1.94. The second kappa shape index (κ2) is 6.59. The molecule has 5 heteroatoms. The highest BCUT2D eigenvalue weighted by atomic mass is 16.6. The predicted octanol–water partition coefficient (Wildman–Crippen LogP) is 1.30. The molecular weight excluding hydrogens is 224 g/mol. The Hall–Kier alpha value is -1.10. The van der Waals surface area contributed by atoms with Crippen LogP contribution in [0.3, 0.4) is 0 Å². The molecule has 3 atom stereocenters. The van der Waals surface area contributed by atoms with Crippen molar-refractivity contribution in [2.75, 3.05) is 13.7 Å². The summed E-state index contributed by atoms with van der Waals surface area (Å²) < 4.78 is 15.1. The molecule has 98 valence electrons. The minimum atomic E-state index is -0.557. The number of hydrogen-bond acceptors (Lipinski definition) is 5. The van der Waals surface area contributed by atoms with Gasteiger partial charge in [0.25, 0.3) is 0 Å². The van der Waals surface area contributed by atoms with Crippen molar-refractivity contribution < 1.29 is 23.8 Å². The van der Waals surface area contributed by atoms with Gasteiger partial charge < -0.3 is 14.2 Å². The molecule has 0 radical (unpaired) electrons. The maximum absolute atomic E-state index is 11.6. The summed E-state index contributed by atoms with van der Waals surface area (Å²) in [6, 6.07) is 0. The number of carbonyl (C=O) groups is 2. The average molecular weight is 244 g/mol. The van der Waals surface area contributed by atoms with E-state index < -0.39 is 6.10 Å². The molecule has 0 amide bonds. The molecule has 0 aromatic heterocycles. The zero-order chi connectivity index (χ0) is 12.8. The summed E-state index contributed by atoms with van der Waals surface area (Å²) in [5.74, 6) is -0.523. The molecule has 0 aliphatic carbocycles. The first-order valence-electron chi connectivity index (χ1n) is 5.97. The molecule has 1 aliphatic rings. The van der Waals surface area contributed by atoms with Gasteiger partial charge in [0.05, 0.1) is 26.2 Å². The summed E-state index contributed by atoms with van der Waals surface area (Å²) in [5, 5.41) is 0. The lowest BCUT2D eigenvalue weighted by Gasteiger charge is -2.32. The maximum Gasteiger partial charge on any atom is 0.335 e.